The van der Waals surface area contributed by atoms with Crippen LogP contribution in [0, 0.1) is 12.7 Å². The standard InChI is InChI=1S/C23H23ClFN3O2S.ClH/c1-3-26-10-12-27(13-11-26)20-21(31-17-7-4-15(2)5-8-17)23(30)28(22(20)29)16-6-9-19(25)18(24)14-16;/h4-9,14H,3,10-13H2,1-2H3;1H/p-1. The summed E-state index contributed by atoms with van der Waals surface area (Å²) in [5.74, 6) is -1.40. The maximum atomic E-state index is 13.7. The number of likely N-dealkylation sites (N-methyl/N-ethyl adjacent to an activating group) is 1. The first kappa shape index (κ1) is 24.6. The zero-order chi connectivity index (χ0) is 22.1. The molecule has 0 spiro atoms. The molecule has 2 heterocycles. The summed E-state index contributed by atoms with van der Waals surface area (Å²) in [6.45, 7) is 8.04. The summed E-state index contributed by atoms with van der Waals surface area (Å²) in [5.41, 5.74) is 1.79. The van der Waals surface area contributed by atoms with Gasteiger partial charge in [0.25, 0.3) is 11.8 Å². The Morgan fingerprint density at radius 3 is 2.25 bits per heavy atom. The number of hydrogen-bond donors (Lipinski definition) is 0. The number of amides is 2. The first-order valence-corrected chi connectivity index (χ1v) is 11.4. The van der Waals surface area contributed by atoms with Gasteiger partial charge in [-0.3, -0.25) is 9.59 Å². The summed E-state index contributed by atoms with van der Waals surface area (Å²) in [6, 6.07) is 11.7. The van der Waals surface area contributed by atoms with Crippen LogP contribution in [0.5, 0.6) is 0 Å². The third kappa shape index (κ3) is 4.81. The summed E-state index contributed by atoms with van der Waals surface area (Å²) < 4.78 is 13.7. The van der Waals surface area contributed by atoms with Crippen LogP contribution in [0.1, 0.15) is 12.5 Å². The lowest BCUT2D eigenvalue weighted by atomic mass is 10.2. The lowest BCUT2D eigenvalue weighted by Gasteiger charge is -2.35. The summed E-state index contributed by atoms with van der Waals surface area (Å²) >= 11 is 7.22. The van der Waals surface area contributed by atoms with Crippen LogP contribution in [0.2, 0.25) is 5.02 Å². The molecule has 2 aliphatic heterocycles. The Labute approximate surface area is 202 Å². The number of thioether (sulfide) groups is 1. The van der Waals surface area contributed by atoms with E-state index in [0.717, 1.165) is 35.0 Å². The van der Waals surface area contributed by atoms with E-state index in [-0.39, 0.29) is 23.1 Å². The molecule has 0 N–H and O–H groups in total. The number of carbonyl (C=O) groups excluding carboxylic acids is 2. The largest absolute Gasteiger partial charge is 1.00 e. The highest BCUT2D eigenvalue weighted by Gasteiger charge is 2.43. The van der Waals surface area contributed by atoms with Gasteiger partial charge < -0.3 is 22.2 Å². The minimum absolute atomic E-state index is 0. The van der Waals surface area contributed by atoms with Crippen molar-refractivity contribution in [2.75, 3.05) is 37.6 Å². The Bertz CT molecular complexity index is 1050. The van der Waals surface area contributed by atoms with Gasteiger partial charge in [-0.1, -0.05) is 48.0 Å². The predicted molar refractivity (Wildman–Crippen MR) is 122 cm³/mol. The highest BCUT2D eigenvalue weighted by atomic mass is 35.5. The van der Waals surface area contributed by atoms with Gasteiger partial charge in [-0.05, 0) is 43.8 Å². The molecule has 9 heteroatoms. The van der Waals surface area contributed by atoms with Crippen LogP contribution in [0.4, 0.5) is 10.1 Å². The van der Waals surface area contributed by atoms with E-state index < -0.39 is 17.6 Å². The molecule has 1 saturated heterocycles. The number of hydrogen-bond acceptors (Lipinski definition) is 5. The summed E-state index contributed by atoms with van der Waals surface area (Å²) in [7, 11) is 0. The van der Waals surface area contributed by atoms with Crippen molar-refractivity contribution in [2.45, 2.75) is 18.7 Å². The Morgan fingerprint density at radius 1 is 1.00 bits per heavy atom. The van der Waals surface area contributed by atoms with Gasteiger partial charge in [0.05, 0.1) is 10.7 Å². The molecule has 32 heavy (non-hydrogen) atoms. The Kier molecular flexibility index (Phi) is 7.88. The van der Waals surface area contributed by atoms with Crippen LogP contribution in [0.15, 0.2) is 58.0 Å². The maximum Gasteiger partial charge on any atom is 0.283 e. The second-order valence-corrected chi connectivity index (χ2v) is 9.05. The molecule has 1 fully saturated rings. The van der Waals surface area contributed by atoms with Crippen LogP contribution in [0.25, 0.3) is 0 Å². The Morgan fingerprint density at radius 2 is 1.66 bits per heavy atom. The number of imide groups is 1. The Balaban J connectivity index is 0.00000289. The number of anilines is 1. The average Bonchev–Trinajstić information content (AvgIpc) is 3.01. The predicted octanol–water partition coefficient (Wildman–Crippen LogP) is 1.31. The molecule has 2 aromatic rings. The fraction of sp³-hybridized carbons (Fsp3) is 0.304. The molecule has 0 aliphatic carbocycles. The zero-order valence-corrected chi connectivity index (χ0v) is 20.1. The number of aryl methyl sites for hydroxylation is 1. The van der Waals surface area contributed by atoms with Gasteiger partial charge in [-0.2, -0.15) is 0 Å². The number of carbonyl (C=O) groups is 2. The number of halogens is 3. The minimum atomic E-state index is -0.595. The van der Waals surface area contributed by atoms with E-state index in [2.05, 4.69) is 11.8 Å². The molecule has 5 nitrogen and oxygen atoms in total. The first-order chi connectivity index (χ1) is 14.9. The maximum absolute atomic E-state index is 13.7. The van der Waals surface area contributed by atoms with E-state index in [9.17, 15) is 14.0 Å². The van der Waals surface area contributed by atoms with Crippen LogP contribution in [-0.2, 0) is 9.59 Å². The third-order valence-corrected chi connectivity index (χ3v) is 6.93. The average molecular weight is 495 g/mol. The highest BCUT2D eigenvalue weighted by molar-refractivity contribution is 8.04. The zero-order valence-electron chi connectivity index (χ0n) is 17.8. The number of piperazine rings is 1. The lowest BCUT2D eigenvalue weighted by molar-refractivity contribution is -0.121. The molecule has 0 radical (unpaired) electrons. The molecular formula is C23H23Cl2FN3O2S-. The number of benzene rings is 2. The molecule has 170 valence electrons. The normalized spacial score (nSPS) is 17.2. The first-order valence-electron chi connectivity index (χ1n) is 10.2. The quantitative estimate of drug-likeness (QED) is 0.586. The SMILES string of the molecule is CCN1CCN(C2=C(Sc3ccc(C)cc3)C(=O)N(c3ccc(F)c(Cl)c3)C2=O)CC1.[Cl-]. The second kappa shape index (κ2) is 10.3. The molecule has 0 saturated carbocycles. The summed E-state index contributed by atoms with van der Waals surface area (Å²) in [5, 5.41) is -0.129. The minimum Gasteiger partial charge on any atom is -1.00 e. The third-order valence-electron chi connectivity index (χ3n) is 5.56. The highest BCUT2D eigenvalue weighted by Crippen LogP contribution is 2.39. The van der Waals surface area contributed by atoms with E-state index >= 15 is 0 Å². The van der Waals surface area contributed by atoms with Gasteiger partial charge in [-0.25, -0.2) is 9.29 Å². The molecule has 0 bridgehead atoms. The van der Waals surface area contributed by atoms with E-state index in [1.54, 1.807) is 0 Å². The molecule has 2 aromatic carbocycles. The lowest BCUT2D eigenvalue weighted by Crippen LogP contribution is -3.00. The van der Waals surface area contributed by atoms with Gasteiger partial charge in [0.15, 0.2) is 0 Å². The smallest absolute Gasteiger partial charge is 0.283 e. The fourth-order valence-corrected chi connectivity index (χ4v) is 4.91. The van der Waals surface area contributed by atoms with Crippen molar-refractivity contribution in [1.82, 2.24) is 9.80 Å². The Hall–Kier alpha value is -2.06. The van der Waals surface area contributed by atoms with Gasteiger partial charge >= 0.3 is 0 Å². The van der Waals surface area contributed by atoms with Crippen molar-refractivity contribution in [3.63, 3.8) is 0 Å². The van der Waals surface area contributed by atoms with E-state index in [0.29, 0.717) is 23.7 Å². The molecule has 0 aromatic heterocycles. The van der Waals surface area contributed by atoms with Gasteiger partial charge in [0, 0.05) is 31.1 Å². The molecule has 4 rings (SSSR count). The van der Waals surface area contributed by atoms with Crippen molar-refractivity contribution in [2.24, 2.45) is 0 Å². The fourth-order valence-electron chi connectivity index (χ4n) is 3.74. The second-order valence-electron chi connectivity index (χ2n) is 7.56. The van der Waals surface area contributed by atoms with Crippen LogP contribution in [0.3, 0.4) is 0 Å². The monoisotopic (exact) mass is 494 g/mol. The van der Waals surface area contributed by atoms with Crippen molar-refractivity contribution in [3.05, 3.63) is 69.5 Å². The van der Waals surface area contributed by atoms with E-state index in [1.807, 2.05) is 36.1 Å². The van der Waals surface area contributed by atoms with Gasteiger partial charge in [-0.15, -0.1) is 0 Å². The van der Waals surface area contributed by atoms with Crippen molar-refractivity contribution in [3.8, 4) is 0 Å². The molecule has 0 atom stereocenters. The van der Waals surface area contributed by atoms with Gasteiger partial charge in [0.1, 0.15) is 16.4 Å². The van der Waals surface area contributed by atoms with Crippen molar-refractivity contribution >= 4 is 40.9 Å². The number of nitrogens with zero attached hydrogens (tertiary/aromatic N) is 3. The molecule has 2 amide bonds. The summed E-state index contributed by atoms with van der Waals surface area (Å²) in [6.07, 6.45) is 0. The van der Waals surface area contributed by atoms with Crippen LogP contribution in [-0.4, -0.2) is 54.3 Å². The van der Waals surface area contributed by atoms with E-state index in [4.69, 9.17) is 11.6 Å². The van der Waals surface area contributed by atoms with Crippen LogP contribution >= 0.6 is 23.4 Å². The van der Waals surface area contributed by atoms with Crippen molar-refractivity contribution < 1.29 is 26.4 Å². The molecule has 0 unspecified atom stereocenters. The topological polar surface area (TPSA) is 43.9 Å². The number of rotatable bonds is 5. The molecule has 2 aliphatic rings. The van der Waals surface area contributed by atoms with Crippen LogP contribution < -0.4 is 17.3 Å². The van der Waals surface area contributed by atoms with E-state index in [1.165, 1.54) is 30.0 Å². The van der Waals surface area contributed by atoms with Crippen molar-refractivity contribution in [1.29, 1.82) is 0 Å². The van der Waals surface area contributed by atoms with Gasteiger partial charge in [0.2, 0.25) is 0 Å². The molecular weight excluding hydrogens is 472 g/mol. The summed E-state index contributed by atoms with van der Waals surface area (Å²) in [4.78, 5) is 33.5.